The molecule has 2 nitrogen and oxygen atoms in total. The van der Waals surface area contributed by atoms with Crippen molar-refractivity contribution in [2.75, 3.05) is 0 Å². The first-order valence-corrected chi connectivity index (χ1v) is 5.37. The first-order valence-electron chi connectivity index (χ1n) is 5.37. The third-order valence-corrected chi connectivity index (χ3v) is 2.29. The van der Waals surface area contributed by atoms with Crippen LogP contribution in [-0.2, 0) is 0 Å². The van der Waals surface area contributed by atoms with Crippen LogP contribution in [0.2, 0.25) is 0 Å². The lowest BCUT2D eigenvalue weighted by molar-refractivity contribution is 1.23. The lowest BCUT2D eigenvalue weighted by Gasteiger charge is -1.97. The second-order valence-electron chi connectivity index (χ2n) is 3.59. The van der Waals surface area contributed by atoms with Crippen molar-refractivity contribution in [2.45, 2.75) is 0 Å². The summed E-state index contributed by atoms with van der Waals surface area (Å²) in [5, 5.41) is 8.24. The molecule has 0 aliphatic heterocycles. The van der Waals surface area contributed by atoms with Gasteiger partial charge in [0.25, 0.3) is 0 Å². The lowest BCUT2D eigenvalue weighted by atomic mass is 10.1. The molecule has 0 aliphatic rings. The van der Waals surface area contributed by atoms with Crippen LogP contribution in [-0.4, -0.2) is 0 Å². The first-order chi connectivity index (χ1) is 8.81. The van der Waals surface area contributed by atoms with Gasteiger partial charge in [0, 0.05) is 11.1 Å². The molecule has 2 heteroatoms. The summed E-state index contributed by atoms with van der Waals surface area (Å²) < 4.78 is 0. The molecular weight excluding hydrogens is 220 g/mol. The average Bonchev–Trinajstić information content (AvgIpc) is 2.45. The van der Waals surface area contributed by atoms with Gasteiger partial charge >= 0.3 is 0 Å². The van der Waals surface area contributed by atoms with Crippen LogP contribution in [0.1, 0.15) is 11.1 Å². The molecule has 0 spiro atoms. The minimum absolute atomic E-state index is 0.655. The fourth-order valence-corrected chi connectivity index (χ4v) is 1.45. The average molecular weight is 230 g/mol. The van der Waals surface area contributed by atoms with Crippen LogP contribution < -0.4 is 0 Å². The van der Waals surface area contributed by atoms with Crippen molar-refractivity contribution >= 4 is 11.4 Å². The minimum Gasteiger partial charge on any atom is -0.151 e. The van der Waals surface area contributed by atoms with E-state index in [0.29, 0.717) is 16.8 Å². The summed E-state index contributed by atoms with van der Waals surface area (Å²) in [5.41, 5.74) is 2.84. The smallest absolute Gasteiger partial charge is 0.0881 e. The van der Waals surface area contributed by atoms with Crippen molar-refractivity contribution in [1.29, 1.82) is 0 Å². The van der Waals surface area contributed by atoms with Gasteiger partial charge in [-0.2, -0.15) is 10.2 Å². The number of hydrogen-bond donors (Lipinski definition) is 0. The van der Waals surface area contributed by atoms with Crippen LogP contribution in [0.15, 0.2) is 58.8 Å². The van der Waals surface area contributed by atoms with Gasteiger partial charge in [-0.3, -0.25) is 0 Å². The third kappa shape index (κ3) is 2.84. The molecule has 0 atom stereocenters. The van der Waals surface area contributed by atoms with E-state index in [-0.39, 0.29) is 0 Å². The standard InChI is InChI=1S/C16H10N2/c1-3-13-10-14(4-2)12-16(11-13)18-17-15-8-6-5-7-9-15/h1-2,5-12H. The number of hydrogen-bond acceptors (Lipinski definition) is 2. The molecule has 0 N–H and O–H groups in total. The Bertz CT molecular complexity index is 623. The van der Waals surface area contributed by atoms with Gasteiger partial charge in [0.2, 0.25) is 0 Å². The van der Waals surface area contributed by atoms with Gasteiger partial charge in [0.05, 0.1) is 11.4 Å². The molecule has 0 fully saturated rings. The zero-order valence-electron chi connectivity index (χ0n) is 9.67. The van der Waals surface area contributed by atoms with Crippen molar-refractivity contribution in [1.82, 2.24) is 0 Å². The molecule has 0 aromatic heterocycles. The molecular formula is C16H10N2. The van der Waals surface area contributed by atoms with E-state index in [4.69, 9.17) is 12.8 Å². The van der Waals surface area contributed by atoms with Gasteiger partial charge in [-0.1, -0.05) is 30.0 Å². The first kappa shape index (κ1) is 11.6. The molecule has 2 aromatic rings. The minimum atomic E-state index is 0.655. The van der Waals surface area contributed by atoms with E-state index < -0.39 is 0 Å². The summed E-state index contributed by atoms with van der Waals surface area (Å²) >= 11 is 0. The summed E-state index contributed by atoms with van der Waals surface area (Å²) in [4.78, 5) is 0. The molecule has 2 rings (SSSR count). The van der Waals surface area contributed by atoms with Crippen molar-refractivity contribution in [3.8, 4) is 24.7 Å². The largest absolute Gasteiger partial charge is 0.151 e. The summed E-state index contributed by atoms with van der Waals surface area (Å²) in [7, 11) is 0. The number of terminal acetylenes is 2. The Morgan fingerprint density at radius 2 is 1.28 bits per heavy atom. The topological polar surface area (TPSA) is 24.7 Å². The highest BCUT2D eigenvalue weighted by atomic mass is 15.1. The highest BCUT2D eigenvalue weighted by molar-refractivity contribution is 5.53. The van der Waals surface area contributed by atoms with E-state index in [1.807, 2.05) is 30.3 Å². The van der Waals surface area contributed by atoms with Gasteiger partial charge in [-0.05, 0) is 30.3 Å². The van der Waals surface area contributed by atoms with Gasteiger partial charge < -0.3 is 0 Å². The summed E-state index contributed by atoms with van der Waals surface area (Å²) in [5.74, 6) is 5.09. The molecule has 0 saturated carbocycles. The molecule has 0 saturated heterocycles. The van der Waals surface area contributed by atoms with Crippen LogP contribution in [0.4, 0.5) is 11.4 Å². The van der Waals surface area contributed by atoms with Crippen LogP contribution in [0.5, 0.6) is 0 Å². The fraction of sp³-hybridized carbons (Fsp3) is 0. The zero-order chi connectivity index (χ0) is 12.8. The second-order valence-corrected chi connectivity index (χ2v) is 3.59. The number of nitrogens with zero attached hydrogens (tertiary/aromatic N) is 2. The Kier molecular flexibility index (Phi) is 3.54. The zero-order valence-corrected chi connectivity index (χ0v) is 9.67. The fourth-order valence-electron chi connectivity index (χ4n) is 1.45. The van der Waals surface area contributed by atoms with E-state index in [1.165, 1.54) is 0 Å². The third-order valence-electron chi connectivity index (χ3n) is 2.29. The molecule has 0 aliphatic carbocycles. The molecule has 2 aromatic carbocycles. The SMILES string of the molecule is C#Cc1cc(C#C)cc(N=Nc2ccccc2)c1. The van der Waals surface area contributed by atoms with E-state index in [9.17, 15) is 0 Å². The van der Waals surface area contributed by atoms with Crippen LogP contribution in [0, 0.1) is 24.7 Å². The Hall–Kier alpha value is -2.84. The van der Waals surface area contributed by atoms with Crippen molar-refractivity contribution < 1.29 is 0 Å². The predicted octanol–water partition coefficient (Wildman–Crippen LogP) is 4.06. The Morgan fingerprint density at radius 3 is 1.83 bits per heavy atom. The van der Waals surface area contributed by atoms with Crippen LogP contribution in [0.25, 0.3) is 0 Å². The molecule has 84 valence electrons. The van der Waals surface area contributed by atoms with E-state index in [1.54, 1.807) is 18.2 Å². The molecule has 0 unspecified atom stereocenters. The number of azo groups is 1. The predicted molar refractivity (Wildman–Crippen MR) is 72.9 cm³/mol. The number of benzene rings is 2. The van der Waals surface area contributed by atoms with E-state index in [0.717, 1.165) is 5.69 Å². The maximum absolute atomic E-state index is 5.36. The second kappa shape index (κ2) is 5.48. The Morgan fingerprint density at radius 1 is 0.722 bits per heavy atom. The quantitative estimate of drug-likeness (QED) is 0.549. The van der Waals surface area contributed by atoms with Gasteiger partial charge in [0.15, 0.2) is 0 Å². The lowest BCUT2D eigenvalue weighted by Crippen LogP contribution is -1.78. The highest BCUT2D eigenvalue weighted by Crippen LogP contribution is 2.20. The Labute approximate surface area is 106 Å². The number of rotatable bonds is 2. The van der Waals surface area contributed by atoms with E-state index in [2.05, 4.69) is 22.1 Å². The van der Waals surface area contributed by atoms with Gasteiger partial charge in [-0.15, -0.1) is 12.8 Å². The van der Waals surface area contributed by atoms with Crippen molar-refractivity contribution in [2.24, 2.45) is 10.2 Å². The maximum atomic E-state index is 5.36. The monoisotopic (exact) mass is 230 g/mol. The normalized spacial score (nSPS) is 9.89. The molecule has 18 heavy (non-hydrogen) atoms. The van der Waals surface area contributed by atoms with Crippen LogP contribution in [0.3, 0.4) is 0 Å². The van der Waals surface area contributed by atoms with Crippen LogP contribution >= 0.6 is 0 Å². The van der Waals surface area contributed by atoms with E-state index >= 15 is 0 Å². The molecule has 0 amide bonds. The Balaban J connectivity index is 2.33. The van der Waals surface area contributed by atoms with Gasteiger partial charge in [-0.25, -0.2) is 0 Å². The molecule has 0 radical (unpaired) electrons. The molecule has 0 bridgehead atoms. The summed E-state index contributed by atoms with van der Waals surface area (Å²) in [6.07, 6.45) is 10.7. The maximum Gasteiger partial charge on any atom is 0.0881 e. The summed E-state index contributed by atoms with van der Waals surface area (Å²) in [6, 6.07) is 14.8. The van der Waals surface area contributed by atoms with Crippen molar-refractivity contribution in [3.63, 3.8) is 0 Å². The summed E-state index contributed by atoms with van der Waals surface area (Å²) in [6.45, 7) is 0. The van der Waals surface area contributed by atoms with Crippen molar-refractivity contribution in [3.05, 3.63) is 59.7 Å². The molecule has 0 heterocycles. The highest BCUT2D eigenvalue weighted by Gasteiger charge is 1.97. The van der Waals surface area contributed by atoms with Gasteiger partial charge in [0.1, 0.15) is 0 Å².